The standard InChI is InChI=1S/C5H11S/c1-4-5(2)6-3/h5H,3-4H2,1-2H3. The predicted octanol–water partition coefficient (Wildman–Crippen LogP) is 2.31. The Bertz CT molecular complexity index is 23.1. The van der Waals surface area contributed by atoms with Gasteiger partial charge in [0.05, 0.1) is 0 Å². The van der Waals surface area contributed by atoms with E-state index in [9.17, 15) is 0 Å². The zero-order valence-corrected chi connectivity index (χ0v) is 5.22. The summed E-state index contributed by atoms with van der Waals surface area (Å²) in [4.78, 5) is 0. The Balaban J connectivity index is 2.75. The number of thioether (sulfide) groups is 1. The molecular formula is C5H11S. The van der Waals surface area contributed by atoms with Gasteiger partial charge in [-0.1, -0.05) is 13.8 Å². The Labute approximate surface area is 44.3 Å². The second-order valence-electron chi connectivity index (χ2n) is 1.39. The van der Waals surface area contributed by atoms with Gasteiger partial charge in [-0.2, -0.15) is 11.8 Å². The SMILES string of the molecule is [CH2]SC(C)CC. The topological polar surface area (TPSA) is 0 Å². The first-order valence-corrected chi connectivity index (χ1v) is 3.27. The number of hydrogen-bond donors (Lipinski definition) is 0. The van der Waals surface area contributed by atoms with E-state index in [-0.39, 0.29) is 0 Å². The van der Waals surface area contributed by atoms with E-state index in [4.69, 9.17) is 0 Å². The zero-order valence-electron chi connectivity index (χ0n) is 4.40. The van der Waals surface area contributed by atoms with Gasteiger partial charge < -0.3 is 0 Å². The second kappa shape index (κ2) is 3.54. The third-order valence-electron chi connectivity index (χ3n) is 0.859. The first-order valence-electron chi connectivity index (χ1n) is 2.22. The molecule has 0 spiro atoms. The smallest absolute Gasteiger partial charge is 0.00263 e. The average molecular weight is 103 g/mol. The first kappa shape index (κ1) is 6.35. The van der Waals surface area contributed by atoms with Crippen LogP contribution in [0.1, 0.15) is 20.3 Å². The van der Waals surface area contributed by atoms with Crippen molar-refractivity contribution in [1.82, 2.24) is 0 Å². The van der Waals surface area contributed by atoms with E-state index in [1.165, 1.54) is 6.42 Å². The van der Waals surface area contributed by atoms with E-state index in [0.29, 0.717) is 0 Å². The number of rotatable bonds is 2. The third-order valence-corrected chi connectivity index (χ3v) is 1.76. The molecule has 1 heteroatoms. The van der Waals surface area contributed by atoms with Gasteiger partial charge in [0.15, 0.2) is 0 Å². The van der Waals surface area contributed by atoms with Gasteiger partial charge in [-0.25, -0.2) is 0 Å². The molecule has 0 aliphatic rings. The summed E-state index contributed by atoms with van der Waals surface area (Å²) in [5, 5.41) is 0.741. The molecule has 6 heavy (non-hydrogen) atoms. The molecule has 0 bridgehead atoms. The van der Waals surface area contributed by atoms with Crippen LogP contribution >= 0.6 is 11.8 Å². The molecule has 1 atom stereocenters. The molecule has 37 valence electrons. The Morgan fingerprint density at radius 3 is 2.33 bits per heavy atom. The molecule has 0 amide bonds. The van der Waals surface area contributed by atoms with E-state index in [2.05, 4.69) is 20.1 Å². The third kappa shape index (κ3) is 2.58. The molecular weight excluding hydrogens is 92.1 g/mol. The van der Waals surface area contributed by atoms with E-state index >= 15 is 0 Å². The van der Waals surface area contributed by atoms with Crippen molar-refractivity contribution >= 4 is 11.8 Å². The fourth-order valence-corrected chi connectivity index (χ4v) is 0.354. The van der Waals surface area contributed by atoms with Gasteiger partial charge in [-0.3, -0.25) is 0 Å². The normalized spacial score (nSPS) is 14.5. The van der Waals surface area contributed by atoms with Crippen molar-refractivity contribution in [3.05, 3.63) is 6.26 Å². The van der Waals surface area contributed by atoms with E-state index in [1.54, 1.807) is 11.8 Å². The summed E-state index contributed by atoms with van der Waals surface area (Å²) in [6.07, 6.45) is 4.90. The molecule has 1 radical (unpaired) electrons. The van der Waals surface area contributed by atoms with Gasteiger partial charge in [0.2, 0.25) is 0 Å². The van der Waals surface area contributed by atoms with Gasteiger partial charge in [0.1, 0.15) is 0 Å². The van der Waals surface area contributed by atoms with Gasteiger partial charge >= 0.3 is 0 Å². The van der Waals surface area contributed by atoms with E-state index < -0.39 is 0 Å². The van der Waals surface area contributed by atoms with Crippen LogP contribution in [0.2, 0.25) is 0 Å². The minimum atomic E-state index is 0.741. The molecule has 0 aromatic carbocycles. The molecule has 1 unspecified atom stereocenters. The van der Waals surface area contributed by atoms with Crippen LogP contribution in [0.4, 0.5) is 0 Å². The summed E-state index contributed by atoms with van der Waals surface area (Å²) in [5.74, 6) is 0. The van der Waals surface area contributed by atoms with Crippen LogP contribution in [-0.4, -0.2) is 5.25 Å². The monoisotopic (exact) mass is 103 g/mol. The lowest BCUT2D eigenvalue weighted by Crippen LogP contribution is -1.86. The molecule has 0 fully saturated rings. The number of hydrogen-bond acceptors (Lipinski definition) is 1. The van der Waals surface area contributed by atoms with Crippen molar-refractivity contribution in [1.29, 1.82) is 0 Å². The van der Waals surface area contributed by atoms with E-state index in [0.717, 1.165) is 5.25 Å². The summed E-state index contributed by atoms with van der Waals surface area (Å²) < 4.78 is 0. The van der Waals surface area contributed by atoms with Crippen molar-refractivity contribution in [3.8, 4) is 0 Å². The molecule has 0 saturated heterocycles. The lowest BCUT2D eigenvalue weighted by atomic mass is 10.4. The maximum Gasteiger partial charge on any atom is 0.00263 e. The summed E-state index contributed by atoms with van der Waals surface area (Å²) in [5.41, 5.74) is 0. The molecule has 0 rings (SSSR count). The van der Waals surface area contributed by atoms with Gasteiger partial charge in [0, 0.05) is 11.5 Å². The maximum atomic E-state index is 3.67. The first-order chi connectivity index (χ1) is 2.81. The van der Waals surface area contributed by atoms with Gasteiger partial charge in [0.25, 0.3) is 0 Å². The highest BCUT2D eigenvalue weighted by Gasteiger charge is 1.89. The van der Waals surface area contributed by atoms with Crippen LogP contribution in [0.25, 0.3) is 0 Å². The largest absolute Gasteiger partial charge is 0.158 e. The summed E-state index contributed by atoms with van der Waals surface area (Å²) in [7, 11) is 0. The van der Waals surface area contributed by atoms with Crippen molar-refractivity contribution in [3.63, 3.8) is 0 Å². The molecule has 0 aliphatic heterocycles. The van der Waals surface area contributed by atoms with E-state index in [1.807, 2.05) is 0 Å². The fraction of sp³-hybridized carbons (Fsp3) is 0.800. The molecule has 0 saturated carbocycles. The summed E-state index contributed by atoms with van der Waals surface area (Å²) in [6, 6.07) is 0. The lowest BCUT2D eigenvalue weighted by Gasteiger charge is -1.98. The summed E-state index contributed by atoms with van der Waals surface area (Å²) in [6.45, 7) is 4.35. The Morgan fingerprint density at radius 2 is 2.33 bits per heavy atom. The van der Waals surface area contributed by atoms with Crippen LogP contribution in [0.3, 0.4) is 0 Å². The summed E-state index contributed by atoms with van der Waals surface area (Å²) >= 11 is 1.67. The minimum Gasteiger partial charge on any atom is -0.158 e. The van der Waals surface area contributed by atoms with Crippen molar-refractivity contribution in [2.45, 2.75) is 25.5 Å². The Kier molecular flexibility index (Phi) is 3.74. The fourth-order valence-electron chi connectivity index (χ4n) is 0.118. The molecule has 0 heterocycles. The quantitative estimate of drug-likeness (QED) is 0.517. The highest BCUT2D eigenvalue weighted by molar-refractivity contribution is 8.01. The van der Waals surface area contributed by atoms with Crippen LogP contribution in [-0.2, 0) is 0 Å². The van der Waals surface area contributed by atoms with Gasteiger partial charge in [-0.05, 0) is 6.42 Å². The zero-order chi connectivity index (χ0) is 4.99. The van der Waals surface area contributed by atoms with Crippen LogP contribution < -0.4 is 0 Å². The van der Waals surface area contributed by atoms with Crippen molar-refractivity contribution in [2.24, 2.45) is 0 Å². The average Bonchev–Trinajstić information content (AvgIpc) is 1.65. The van der Waals surface area contributed by atoms with Crippen LogP contribution in [0.15, 0.2) is 0 Å². The van der Waals surface area contributed by atoms with Crippen LogP contribution in [0, 0.1) is 6.26 Å². The van der Waals surface area contributed by atoms with Crippen LogP contribution in [0.5, 0.6) is 0 Å². The second-order valence-corrected chi connectivity index (χ2v) is 2.52. The molecule has 0 aromatic rings. The Hall–Kier alpha value is 0.350. The Morgan fingerprint density at radius 1 is 1.83 bits per heavy atom. The molecule has 0 aliphatic carbocycles. The van der Waals surface area contributed by atoms with Crippen molar-refractivity contribution < 1.29 is 0 Å². The molecule has 0 N–H and O–H groups in total. The molecule has 0 aromatic heterocycles. The van der Waals surface area contributed by atoms with Gasteiger partial charge in [-0.15, -0.1) is 0 Å². The highest BCUT2D eigenvalue weighted by atomic mass is 32.2. The maximum absolute atomic E-state index is 3.67. The molecule has 0 nitrogen and oxygen atoms in total. The highest BCUT2D eigenvalue weighted by Crippen LogP contribution is 2.09. The van der Waals surface area contributed by atoms with Crippen molar-refractivity contribution in [2.75, 3.05) is 0 Å². The predicted molar refractivity (Wildman–Crippen MR) is 32.7 cm³/mol. The lowest BCUT2D eigenvalue weighted by molar-refractivity contribution is 0.910. The minimum absolute atomic E-state index is 0.741.